The number of hydrogen-bond donors (Lipinski definition) is 0. The molecule has 1 atom stereocenters. The molecule has 5 heteroatoms. The second kappa shape index (κ2) is 6.92. The first kappa shape index (κ1) is 15.7. The molecular formula is C17H28N4O. The zero-order valence-corrected chi connectivity index (χ0v) is 14.0. The molecule has 1 unspecified atom stereocenters. The van der Waals surface area contributed by atoms with Crippen molar-refractivity contribution in [2.75, 3.05) is 44.7 Å². The van der Waals surface area contributed by atoms with E-state index in [0.717, 1.165) is 50.3 Å². The molecule has 0 spiro atoms. The maximum absolute atomic E-state index is 5.95. The van der Waals surface area contributed by atoms with Crippen LogP contribution in [-0.2, 0) is 4.74 Å². The molecule has 1 aliphatic carbocycles. The molecule has 0 aromatic carbocycles. The Morgan fingerprint density at radius 2 is 2.18 bits per heavy atom. The van der Waals surface area contributed by atoms with Crippen LogP contribution >= 0.6 is 0 Å². The van der Waals surface area contributed by atoms with Crippen LogP contribution in [0.15, 0.2) is 12.3 Å². The van der Waals surface area contributed by atoms with Crippen LogP contribution in [0.5, 0.6) is 0 Å². The van der Waals surface area contributed by atoms with Crippen molar-refractivity contribution in [1.29, 1.82) is 0 Å². The van der Waals surface area contributed by atoms with E-state index in [1.165, 1.54) is 12.8 Å². The van der Waals surface area contributed by atoms with Gasteiger partial charge in [0.05, 0.1) is 12.7 Å². The van der Waals surface area contributed by atoms with Crippen molar-refractivity contribution < 1.29 is 4.74 Å². The van der Waals surface area contributed by atoms with E-state index in [2.05, 4.69) is 35.7 Å². The van der Waals surface area contributed by atoms with Gasteiger partial charge in [0.2, 0.25) is 0 Å². The summed E-state index contributed by atoms with van der Waals surface area (Å²) < 4.78 is 5.95. The molecule has 2 heterocycles. The van der Waals surface area contributed by atoms with Crippen LogP contribution in [-0.4, -0.2) is 60.8 Å². The molecule has 0 N–H and O–H groups in total. The topological polar surface area (TPSA) is 41.5 Å². The van der Waals surface area contributed by atoms with E-state index >= 15 is 0 Å². The molecule has 22 heavy (non-hydrogen) atoms. The lowest BCUT2D eigenvalue weighted by molar-refractivity contribution is -0.0149. The highest BCUT2D eigenvalue weighted by Gasteiger charge is 2.28. The first-order chi connectivity index (χ1) is 10.6. The van der Waals surface area contributed by atoms with Crippen molar-refractivity contribution in [2.24, 2.45) is 5.92 Å². The van der Waals surface area contributed by atoms with Gasteiger partial charge in [0, 0.05) is 38.3 Å². The Morgan fingerprint density at radius 3 is 2.86 bits per heavy atom. The lowest BCUT2D eigenvalue weighted by Gasteiger charge is -2.34. The van der Waals surface area contributed by atoms with E-state index in [9.17, 15) is 0 Å². The van der Waals surface area contributed by atoms with Crippen LogP contribution in [0.2, 0.25) is 0 Å². The number of rotatable bonds is 6. The van der Waals surface area contributed by atoms with Crippen molar-refractivity contribution in [3.63, 3.8) is 0 Å². The number of ether oxygens (including phenoxy) is 1. The van der Waals surface area contributed by atoms with E-state index in [4.69, 9.17) is 9.72 Å². The van der Waals surface area contributed by atoms with E-state index in [1.54, 1.807) is 0 Å². The van der Waals surface area contributed by atoms with Crippen molar-refractivity contribution in [1.82, 2.24) is 14.9 Å². The minimum Gasteiger partial charge on any atom is -0.374 e. The smallest absolute Gasteiger partial charge is 0.133 e. The van der Waals surface area contributed by atoms with E-state index in [-0.39, 0.29) is 6.10 Å². The Balaban J connectivity index is 1.72. The highest BCUT2D eigenvalue weighted by molar-refractivity contribution is 5.38. The van der Waals surface area contributed by atoms with Crippen molar-refractivity contribution in [3.05, 3.63) is 18.1 Å². The van der Waals surface area contributed by atoms with Crippen molar-refractivity contribution in [2.45, 2.75) is 38.7 Å². The van der Waals surface area contributed by atoms with Gasteiger partial charge >= 0.3 is 0 Å². The predicted octanol–water partition coefficient (Wildman–Crippen LogP) is 2.15. The van der Waals surface area contributed by atoms with Gasteiger partial charge in [-0.05, 0) is 31.9 Å². The lowest BCUT2D eigenvalue weighted by atomic mass is 10.2. The van der Waals surface area contributed by atoms with Gasteiger partial charge in [-0.1, -0.05) is 13.8 Å². The number of anilines is 1. The molecule has 122 valence electrons. The largest absolute Gasteiger partial charge is 0.374 e. The van der Waals surface area contributed by atoms with Crippen LogP contribution in [0.1, 0.15) is 38.4 Å². The molecule has 3 rings (SSSR count). The van der Waals surface area contributed by atoms with Gasteiger partial charge in [-0.25, -0.2) is 9.97 Å². The third-order valence-electron chi connectivity index (χ3n) is 4.44. The Hall–Kier alpha value is -1.20. The van der Waals surface area contributed by atoms with Crippen molar-refractivity contribution >= 4 is 5.82 Å². The first-order valence-electron chi connectivity index (χ1n) is 8.50. The van der Waals surface area contributed by atoms with Crippen LogP contribution in [0.25, 0.3) is 0 Å². The highest BCUT2D eigenvalue weighted by atomic mass is 16.5. The molecule has 1 aliphatic heterocycles. The van der Waals surface area contributed by atoms with E-state index < -0.39 is 0 Å². The first-order valence-corrected chi connectivity index (χ1v) is 8.50. The Kier molecular flexibility index (Phi) is 4.93. The van der Waals surface area contributed by atoms with Crippen molar-refractivity contribution in [3.8, 4) is 0 Å². The molecule has 2 aliphatic rings. The minimum atomic E-state index is 0.273. The van der Waals surface area contributed by atoms with Crippen LogP contribution < -0.4 is 4.90 Å². The van der Waals surface area contributed by atoms with Crippen LogP contribution in [0.4, 0.5) is 5.82 Å². The fourth-order valence-electron chi connectivity index (χ4n) is 2.91. The summed E-state index contributed by atoms with van der Waals surface area (Å²) in [5.74, 6) is 3.18. The summed E-state index contributed by atoms with van der Waals surface area (Å²) in [7, 11) is 2.17. The maximum Gasteiger partial charge on any atom is 0.133 e. The third-order valence-corrected chi connectivity index (χ3v) is 4.44. The fraction of sp³-hybridized carbons (Fsp3) is 0.765. The summed E-state index contributed by atoms with van der Waals surface area (Å²) in [6.07, 6.45) is 4.87. The molecule has 0 radical (unpaired) electrons. The molecule has 1 aromatic rings. The van der Waals surface area contributed by atoms with Gasteiger partial charge in [0.25, 0.3) is 0 Å². The summed E-state index contributed by atoms with van der Waals surface area (Å²) in [6.45, 7) is 9.17. The second-order valence-corrected chi connectivity index (χ2v) is 7.03. The summed E-state index contributed by atoms with van der Waals surface area (Å²) in [4.78, 5) is 13.9. The SMILES string of the molecule is CC(C)c1nccc(N(CC2CC2)CC2CN(C)CCO2)n1. The molecule has 0 amide bonds. The Bertz CT molecular complexity index is 489. The number of aromatic nitrogens is 2. The average Bonchev–Trinajstić information content (AvgIpc) is 3.31. The van der Waals surface area contributed by atoms with Gasteiger partial charge in [0.15, 0.2) is 0 Å². The van der Waals surface area contributed by atoms with Gasteiger partial charge in [-0.3, -0.25) is 0 Å². The summed E-state index contributed by atoms with van der Waals surface area (Å²) >= 11 is 0. The highest BCUT2D eigenvalue weighted by Crippen LogP contribution is 2.31. The number of nitrogens with zero attached hydrogens (tertiary/aromatic N) is 4. The maximum atomic E-state index is 5.95. The lowest BCUT2D eigenvalue weighted by Crippen LogP contribution is -2.46. The molecule has 2 fully saturated rings. The zero-order chi connectivity index (χ0) is 15.5. The van der Waals surface area contributed by atoms with Gasteiger partial charge < -0.3 is 14.5 Å². The van der Waals surface area contributed by atoms with Gasteiger partial charge in [-0.15, -0.1) is 0 Å². The number of hydrogen-bond acceptors (Lipinski definition) is 5. The summed E-state index contributed by atoms with van der Waals surface area (Å²) in [6, 6.07) is 2.04. The van der Waals surface area contributed by atoms with Crippen LogP contribution in [0, 0.1) is 5.92 Å². The predicted molar refractivity (Wildman–Crippen MR) is 88.3 cm³/mol. The third kappa shape index (κ3) is 4.17. The molecule has 1 saturated carbocycles. The monoisotopic (exact) mass is 304 g/mol. The molecule has 1 saturated heterocycles. The quantitative estimate of drug-likeness (QED) is 0.805. The van der Waals surface area contributed by atoms with Gasteiger partial charge in [0.1, 0.15) is 11.6 Å². The summed E-state index contributed by atoms with van der Waals surface area (Å²) in [5, 5.41) is 0. The Morgan fingerprint density at radius 1 is 1.36 bits per heavy atom. The molecule has 0 bridgehead atoms. The minimum absolute atomic E-state index is 0.273. The fourth-order valence-corrected chi connectivity index (χ4v) is 2.91. The number of morpholine rings is 1. The number of likely N-dealkylation sites (N-methyl/N-ethyl adjacent to an activating group) is 1. The second-order valence-electron chi connectivity index (χ2n) is 7.03. The average molecular weight is 304 g/mol. The Labute approximate surface area is 133 Å². The van der Waals surface area contributed by atoms with E-state index in [1.807, 2.05) is 12.3 Å². The molecule has 1 aromatic heterocycles. The molecule has 5 nitrogen and oxygen atoms in total. The standard InChI is InChI=1S/C17H28N4O/c1-13(2)17-18-7-6-16(19-17)21(10-14-4-5-14)12-15-11-20(3)8-9-22-15/h6-7,13-15H,4-5,8-12H2,1-3H3. The van der Waals surface area contributed by atoms with Gasteiger partial charge in [-0.2, -0.15) is 0 Å². The summed E-state index contributed by atoms with van der Waals surface area (Å²) in [5.41, 5.74) is 0. The normalized spacial score (nSPS) is 23.0. The molecular weight excluding hydrogens is 276 g/mol. The zero-order valence-electron chi connectivity index (χ0n) is 14.0. The van der Waals surface area contributed by atoms with Crippen LogP contribution in [0.3, 0.4) is 0 Å². The van der Waals surface area contributed by atoms with E-state index in [0.29, 0.717) is 5.92 Å².